The van der Waals surface area contributed by atoms with E-state index in [4.69, 9.17) is 10.5 Å². The minimum absolute atomic E-state index is 0.144. The van der Waals surface area contributed by atoms with E-state index in [0.29, 0.717) is 12.1 Å². The van der Waals surface area contributed by atoms with E-state index in [1.54, 1.807) is 12.1 Å². The summed E-state index contributed by atoms with van der Waals surface area (Å²) in [5, 5.41) is 0. The van der Waals surface area contributed by atoms with Gasteiger partial charge in [0, 0.05) is 17.7 Å². The first-order valence-electron chi connectivity index (χ1n) is 4.78. The smallest absolute Gasteiger partial charge is 0.177 e. The van der Waals surface area contributed by atoms with Crippen molar-refractivity contribution in [2.24, 2.45) is 0 Å². The average Bonchev–Trinajstić information content (AvgIpc) is 2.16. The molecule has 0 fully saturated rings. The molecule has 74 valence electrons. The molecule has 1 aromatic carbocycles. The number of benzene rings is 1. The molecule has 0 aromatic heterocycles. The van der Waals surface area contributed by atoms with Crippen LogP contribution in [0.3, 0.4) is 0 Å². The van der Waals surface area contributed by atoms with Crippen molar-refractivity contribution in [1.29, 1.82) is 0 Å². The average molecular weight is 191 g/mol. The van der Waals surface area contributed by atoms with Crippen molar-refractivity contribution >= 4 is 11.5 Å². The molecule has 2 N–H and O–H groups in total. The van der Waals surface area contributed by atoms with Crippen molar-refractivity contribution < 1.29 is 9.53 Å². The normalized spacial score (nSPS) is 20.1. The molecule has 0 saturated carbocycles. The summed E-state index contributed by atoms with van der Waals surface area (Å²) in [6.07, 6.45) is 0.896. The number of ether oxygens (including phenoxy) is 1. The van der Waals surface area contributed by atoms with Gasteiger partial charge in [0.25, 0.3) is 0 Å². The van der Waals surface area contributed by atoms with Gasteiger partial charge in [-0.1, -0.05) is 6.92 Å². The Morgan fingerprint density at radius 1 is 1.57 bits per heavy atom. The number of carbonyl (C=O) groups excluding carboxylic acids is 1. The van der Waals surface area contributed by atoms with E-state index >= 15 is 0 Å². The van der Waals surface area contributed by atoms with Crippen molar-refractivity contribution in [3.05, 3.63) is 23.8 Å². The van der Waals surface area contributed by atoms with Gasteiger partial charge in [0.15, 0.2) is 11.9 Å². The summed E-state index contributed by atoms with van der Waals surface area (Å²) in [4.78, 5) is 11.5. The SMILES string of the molecule is CCC1Oc2ccc(N)cc2CC1=O. The summed E-state index contributed by atoms with van der Waals surface area (Å²) in [6, 6.07) is 5.43. The van der Waals surface area contributed by atoms with E-state index in [1.165, 1.54) is 0 Å². The molecule has 0 spiro atoms. The topological polar surface area (TPSA) is 52.3 Å². The third-order valence-corrected chi connectivity index (χ3v) is 2.45. The molecule has 0 aliphatic carbocycles. The molecule has 2 rings (SSSR count). The number of carbonyl (C=O) groups is 1. The summed E-state index contributed by atoms with van der Waals surface area (Å²) in [5.41, 5.74) is 7.21. The quantitative estimate of drug-likeness (QED) is 0.685. The van der Waals surface area contributed by atoms with E-state index in [-0.39, 0.29) is 11.9 Å². The predicted molar refractivity (Wildman–Crippen MR) is 54.3 cm³/mol. The van der Waals surface area contributed by atoms with Crippen molar-refractivity contribution in [1.82, 2.24) is 0 Å². The molecular weight excluding hydrogens is 178 g/mol. The van der Waals surface area contributed by atoms with E-state index in [1.807, 2.05) is 13.0 Å². The van der Waals surface area contributed by atoms with Crippen molar-refractivity contribution in [2.75, 3.05) is 5.73 Å². The molecule has 3 nitrogen and oxygen atoms in total. The van der Waals surface area contributed by atoms with Crippen LogP contribution in [0.2, 0.25) is 0 Å². The van der Waals surface area contributed by atoms with Gasteiger partial charge in [0.2, 0.25) is 0 Å². The zero-order valence-electron chi connectivity index (χ0n) is 8.12. The Morgan fingerprint density at radius 3 is 3.07 bits per heavy atom. The highest BCUT2D eigenvalue weighted by Gasteiger charge is 2.25. The van der Waals surface area contributed by atoms with E-state index in [9.17, 15) is 4.79 Å². The highest BCUT2D eigenvalue weighted by Crippen LogP contribution is 2.28. The second-order valence-electron chi connectivity index (χ2n) is 3.52. The lowest BCUT2D eigenvalue weighted by Gasteiger charge is -2.24. The number of hydrogen-bond acceptors (Lipinski definition) is 3. The van der Waals surface area contributed by atoms with Gasteiger partial charge in [-0.2, -0.15) is 0 Å². The largest absolute Gasteiger partial charge is 0.482 e. The fourth-order valence-electron chi connectivity index (χ4n) is 1.68. The lowest BCUT2D eigenvalue weighted by atomic mass is 9.99. The number of hydrogen-bond donors (Lipinski definition) is 1. The zero-order chi connectivity index (χ0) is 10.1. The Kier molecular flexibility index (Phi) is 2.15. The number of rotatable bonds is 1. The van der Waals surface area contributed by atoms with Crippen molar-refractivity contribution in [3.63, 3.8) is 0 Å². The second-order valence-corrected chi connectivity index (χ2v) is 3.52. The second kappa shape index (κ2) is 3.33. The van der Waals surface area contributed by atoms with Crippen LogP contribution in [0.15, 0.2) is 18.2 Å². The Balaban J connectivity index is 2.35. The van der Waals surface area contributed by atoms with Gasteiger partial charge >= 0.3 is 0 Å². The monoisotopic (exact) mass is 191 g/mol. The molecular formula is C11H13NO2. The number of anilines is 1. The van der Waals surface area contributed by atoms with Crippen LogP contribution in [0.25, 0.3) is 0 Å². The first kappa shape index (κ1) is 9.06. The molecule has 0 radical (unpaired) electrons. The fourth-order valence-corrected chi connectivity index (χ4v) is 1.68. The van der Waals surface area contributed by atoms with Crippen LogP contribution < -0.4 is 10.5 Å². The van der Waals surface area contributed by atoms with Gasteiger partial charge in [0.05, 0.1) is 0 Å². The maximum atomic E-state index is 11.5. The lowest BCUT2D eigenvalue weighted by molar-refractivity contribution is -0.126. The van der Waals surface area contributed by atoms with E-state index in [2.05, 4.69) is 0 Å². The molecule has 1 atom stereocenters. The van der Waals surface area contributed by atoms with Gasteiger partial charge in [-0.05, 0) is 24.6 Å². The first-order valence-corrected chi connectivity index (χ1v) is 4.78. The van der Waals surface area contributed by atoms with Gasteiger partial charge in [0.1, 0.15) is 5.75 Å². The van der Waals surface area contributed by atoms with Gasteiger partial charge in [-0.3, -0.25) is 4.79 Å². The van der Waals surface area contributed by atoms with Crippen LogP contribution in [0, 0.1) is 0 Å². The highest BCUT2D eigenvalue weighted by atomic mass is 16.5. The molecule has 1 aliphatic rings. The van der Waals surface area contributed by atoms with Crippen LogP contribution >= 0.6 is 0 Å². The summed E-state index contributed by atoms with van der Waals surface area (Å²) < 4.78 is 5.54. The Bertz CT molecular complexity index is 374. The Labute approximate surface area is 82.9 Å². The lowest BCUT2D eigenvalue weighted by Crippen LogP contribution is -2.32. The summed E-state index contributed by atoms with van der Waals surface area (Å²) in [5.74, 6) is 0.941. The van der Waals surface area contributed by atoms with E-state index < -0.39 is 0 Å². The van der Waals surface area contributed by atoms with Gasteiger partial charge in [-0.15, -0.1) is 0 Å². The van der Waals surface area contributed by atoms with Crippen LogP contribution in [-0.2, 0) is 11.2 Å². The Hall–Kier alpha value is -1.51. The first-order chi connectivity index (χ1) is 6.70. The maximum Gasteiger partial charge on any atom is 0.177 e. The minimum Gasteiger partial charge on any atom is -0.482 e. The standard InChI is InChI=1S/C11H13NO2/c1-2-10-9(13)6-7-5-8(12)3-4-11(7)14-10/h3-5,10H,2,6,12H2,1H3. The fraction of sp³-hybridized carbons (Fsp3) is 0.364. The molecule has 0 bridgehead atoms. The molecule has 0 saturated heterocycles. The maximum absolute atomic E-state index is 11.5. The minimum atomic E-state index is -0.272. The summed E-state index contributed by atoms with van der Waals surface area (Å²) in [6.45, 7) is 1.95. The molecule has 1 heterocycles. The molecule has 1 aromatic rings. The third kappa shape index (κ3) is 1.45. The number of nitrogen functional groups attached to an aromatic ring is 1. The summed E-state index contributed by atoms with van der Waals surface area (Å²) in [7, 11) is 0. The van der Waals surface area contributed by atoms with Crippen LogP contribution in [0.5, 0.6) is 5.75 Å². The number of fused-ring (bicyclic) bond motifs is 1. The summed E-state index contributed by atoms with van der Waals surface area (Å²) >= 11 is 0. The van der Waals surface area contributed by atoms with Crippen LogP contribution in [0.4, 0.5) is 5.69 Å². The van der Waals surface area contributed by atoms with Crippen LogP contribution in [0.1, 0.15) is 18.9 Å². The van der Waals surface area contributed by atoms with E-state index in [0.717, 1.165) is 17.7 Å². The van der Waals surface area contributed by atoms with Crippen molar-refractivity contribution in [2.45, 2.75) is 25.9 Å². The highest BCUT2D eigenvalue weighted by molar-refractivity contribution is 5.87. The number of Topliss-reactive ketones (excluding diaryl/α,β-unsaturated/α-hetero) is 1. The molecule has 1 unspecified atom stereocenters. The predicted octanol–water partition coefficient (Wildman–Crippen LogP) is 1.55. The molecule has 1 aliphatic heterocycles. The van der Waals surface area contributed by atoms with Gasteiger partial charge < -0.3 is 10.5 Å². The third-order valence-electron chi connectivity index (χ3n) is 2.45. The van der Waals surface area contributed by atoms with Crippen molar-refractivity contribution in [3.8, 4) is 5.75 Å². The number of nitrogens with two attached hydrogens (primary N) is 1. The molecule has 14 heavy (non-hydrogen) atoms. The molecule has 0 amide bonds. The van der Waals surface area contributed by atoms with Gasteiger partial charge in [-0.25, -0.2) is 0 Å². The zero-order valence-corrected chi connectivity index (χ0v) is 8.12. The molecule has 3 heteroatoms. The Morgan fingerprint density at radius 2 is 2.36 bits per heavy atom. The number of ketones is 1. The van der Waals surface area contributed by atoms with Crippen LogP contribution in [-0.4, -0.2) is 11.9 Å².